The van der Waals surface area contributed by atoms with Gasteiger partial charge in [0.2, 0.25) is 0 Å². The lowest BCUT2D eigenvalue weighted by atomic mass is 10.1. The zero-order valence-corrected chi connectivity index (χ0v) is 11.2. The molecule has 0 spiro atoms. The van der Waals surface area contributed by atoms with Crippen LogP contribution in [0.5, 0.6) is 0 Å². The summed E-state index contributed by atoms with van der Waals surface area (Å²) in [6.45, 7) is 1.99. The SMILES string of the molecule is C#CCC(CC)Nc1ccc2scnc2c1[N+](=O)[O-]. The predicted molar refractivity (Wildman–Crippen MR) is 77.4 cm³/mol. The van der Waals surface area contributed by atoms with Crippen molar-refractivity contribution in [3.05, 3.63) is 27.8 Å². The van der Waals surface area contributed by atoms with E-state index in [2.05, 4.69) is 16.2 Å². The van der Waals surface area contributed by atoms with E-state index in [0.717, 1.165) is 11.1 Å². The van der Waals surface area contributed by atoms with E-state index < -0.39 is 4.92 Å². The number of terminal acetylenes is 1. The van der Waals surface area contributed by atoms with E-state index in [1.54, 1.807) is 11.6 Å². The molecule has 1 N–H and O–H groups in total. The molecule has 19 heavy (non-hydrogen) atoms. The Bertz CT molecular complexity index is 645. The fourth-order valence-electron chi connectivity index (χ4n) is 1.88. The maximum Gasteiger partial charge on any atom is 0.319 e. The number of thiazole rings is 1. The van der Waals surface area contributed by atoms with Gasteiger partial charge in [-0.15, -0.1) is 23.7 Å². The van der Waals surface area contributed by atoms with Crippen molar-refractivity contribution >= 4 is 32.9 Å². The molecule has 0 fully saturated rings. The Hall–Kier alpha value is -2.13. The Morgan fingerprint density at radius 1 is 1.63 bits per heavy atom. The molecule has 0 bridgehead atoms. The molecule has 5 nitrogen and oxygen atoms in total. The van der Waals surface area contributed by atoms with Gasteiger partial charge in [-0.25, -0.2) is 4.98 Å². The van der Waals surface area contributed by atoms with E-state index >= 15 is 0 Å². The Morgan fingerprint density at radius 3 is 3.05 bits per heavy atom. The molecule has 0 aliphatic rings. The van der Waals surface area contributed by atoms with Crippen LogP contribution < -0.4 is 5.32 Å². The second-order valence-corrected chi connectivity index (χ2v) is 4.96. The molecule has 0 saturated carbocycles. The Labute approximate surface area is 114 Å². The van der Waals surface area contributed by atoms with Crippen molar-refractivity contribution in [2.24, 2.45) is 0 Å². The summed E-state index contributed by atoms with van der Waals surface area (Å²) in [5, 5.41) is 14.4. The van der Waals surface area contributed by atoms with Crippen LogP contribution in [0.4, 0.5) is 11.4 Å². The summed E-state index contributed by atoms with van der Waals surface area (Å²) in [4.78, 5) is 14.9. The maximum absolute atomic E-state index is 11.3. The number of hydrogen-bond donors (Lipinski definition) is 1. The summed E-state index contributed by atoms with van der Waals surface area (Å²) < 4.78 is 0.808. The molecule has 0 aliphatic heterocycles. The van der Waals surface area contributed by atoms with E-state index in [9.17, 15) is 10.1 Å². The summed E-state index contributed by atoms with van der Waals surface area (Å²) in [6, 6.07) is 3.59. The van der Waals surface area contributed by atoms with Gasteiger partial charge in [0.15, 0.2) is 5.52 Å². The topological polar surface area (TPSA) is 68.1 Å². The number of anilines is 1. The molecule has 2 aromatic rings. The molecule has 6 heteroatoms. The third-order valence-electron chi connectivity index (χ3n) is 2.87. The average Bonchev–Trinajstić information content (AvgIpc) is 2.85. The van der Waals surface area contributed by atoms with Crippen molar-refractivity contribution in [1.29, 1.82) is 0 Å². The minimum atomic E-state index is -0.396. The molecule has 1 unspecified atom stereocenters. The van der Waals surface area contributed by atoms with Gasteiger partial charge in [0.25, 0.3) is 0 Å². The lowest BCUT2D eigenvalue weighted by molar-refractivity contribution is -0.382. The summed E-state index contributed by atoms with van der Waals surface area (Å²) in [5.41, 5.74) is 2.54. The van der Waals surface area contributed by atoms with Crippen LogP contribution in [0.2, 0.25) is 0 Å². The molecular weight excluding hydrogens is 262 g/mol. The van der Waals surface area contributed by atoms with Gasteiger partial charge < -0.3 is 5.32 Å². The molecule has 98 valence electrons. The number of nitro groups is 1. The number of benzene rings is 1. The number of nitro benzene ring substituents is 1. The van der Waals surface area contributed by atoms with Gasteiger partial charge in [-0.1, -0.05) is 6.92 Å². The third kappa shape index (κ3) is 2.66. The standard InChI is InChI=1S/C13H13N3O2S/c1-3-5-9(4-2)15-10-6-7-11-12(14-8-19-11)13(10)16(17)18/h1,6-9,15H,4-5H2,2H3. The third-order valence-corrected chi connectivity index (χ3v) is 3.67. The van der Waals surface area contributed by atoms with Gasteiger partial charge in [0, 0.05) is 12.5 Å². The van der Waals surface area contributed by atoms with Crippen LogP contribution >= 0.6 is 11.3 Å². The fourth-order valence-corrected chi connectivity index (χ4v) is 2.56. The van der Waals surface area contributed by atoms with Crippen molar-refractivity contribution in [1.82, 2.24) is 4.98 Å². The van der Waals surface area contributed by atoms with E-state index in [1.807, 2.05) is 13.0 Å². The Kier molecular flexibility index (Phi) is 3.97. The zero-order chi connectivity index (χ0) is 13.8. The molecule has 0 amide bonds. The van der Waals surface area contributed by atoms with Crippen LogP contribution in [-0.2, 0) is 0 Å². The monoisotopic (exact) mass is 275 g/mol. The van der Waals surface area contributed by atoms with Gasteiger partial charge in [-0.2, -0.15) is 0 Å². The number of aromatic nitrogens is 1. The van der Waals surface area contributed by atoms with E-state index in [-0.39, 0.29) is 11.7 Å². The van der Waals surface area contributed by atoms with Crippen LogP contribution in [-0.4, -0.2) is 15.9 Å². The number of fused-ring (bicyclic) bond motifs is 1. The van der Waals surface area contributed by atoms with Crippen molar-refractivity contribution in [3.63, 3.8) is 0 Å². The van der Waals surface area contributed by atoms with E-state index in [4.69, 9.17) is 6.42 Å². The predicted octanol–water partition coefficient (Wildman–Crippen LogP) is 3.42. The summed E-state index contributed by atoms with van der Waals surface area (Å²) in [5.74, 6) is 2.57. The first-order valence-corrected chi connectivity index (χ1v) is 6.76. The summed E-state index contributed by atoms with van der Waals surface area (Å²) in [7, 11) is 0. The first-order valence-electron chi connectivity index (χ1n) is 5.88. The van der Waals surface area contributed by atoms with Crippen LogP contribution in [0.1, 0.15) is 19.8 Å². The normalized spacial score (nSPS) is 12.0. The van der Waals surface area contributed by atoms with Crippen LogP contribution in [0.3, 0.4) is 0 Å². The summed E-state index contributed by atoms with van der Waals surface area (Å²) in [6.07, 6.45) is 6.63. The molecule has 1 aromatic heterocycles. The molecule has 2 rings (SSSR count). The van der Waals surface area contributed by atoms with Crippen LogP contribution in [0.15, 0.2) is 17.6 Å². The van der Waals surface area contributed by atoms with Crippen molar-refractivity contribution in [2.75, 3.05) is 5.32 Å². The molecular formula is C13H13N3O2S. The zero-order valence-electron chi connectivity index (χ0n) is 10.4. The Morgan fingerprint density at radius 2 is 2.42 bits per heavy atom. The highest BCUT2D eigenvalue weighted by molar-refractivity contribution is 7.16. The molecule has 1 heterocycles. The quantitative estimate of drug-likeness (QED) is 0.515. The van der Waals surface area contributed by atoms with E-state index in [0.29, 0.717) is 17.6 Å². The molecule has 0 saturated heterocycles. The highest BCUT2D eigenvalue weighted by Crippen LogP contribution is 2.34. The fraction of sp³-hybridized carbons (Fsp3) is 0.308. The minimum Gasteiger partial charge on any atom is -0.376 e. The molecule has 1 atom stereocenters. The van der Waals surface area contributed by atoms with Gasteiger partial charge >= 0.3 is 5.69 Å². The second kappa shape index (κ2) is 5.67. The second-order valence-electron chi connectivity index (χ2n) is 4.08. The lowest BCUT2D eigenvalue weighted by Crippen LogP contribution is -2.18. The van der Waals surface area contributed by atoms with Crippen molar-refractivity contribution in [3.8, 4) is 12.3 Å². The van der Waals surface area contributed by atoms with Gasteiger partial charge in [-0.05, 0) is 18.6 Å². The first kappa shape index (κ1) is 13.3. The highest BCUT2D eigenvalue weighted by atomic mass is 32.1. The van der Waals surface area contributed by atoms with Crippen LogP contribution in [0.25, 0.3) is 10.2 Å². The van der Waals surface area contributed by atoms with Gasteiger partial charge in [-0.3, -0.25) is 10.1 Å². The average molecular weight is 275 g/mol. The van der Waals surface area contributed by atoms with Crippen LogP contribution in [0, 0.1) is 22.5 Å². The molecule has 0 radical (unpaired) electrons. The number of nitrogens with zero attached hydrogens (tertiary/aromatic N) is 2. The van der Waals surface area contributed by atoms with Gasteiger partial charge in [0.1, 0.15) is 5.69 Å². The molecule has 1 aromatic carbocycles. The molecule has 0 aliphatic carbocycles. The van der Waals surface area contributed by atoms with Crippen molar-refractivity contribution < 1.29 is 4.92 Å². The van der Waals surface area contributed by atoms with Crippen molar-refractivity contribution in [2.45, 2.75) is 25.8 Å². The smallest absolute Gasteiger partial charge is 0.319 e. The number of hydrogen-bond acceptors (Lipinski definition) is 5. The largest absolute Gasteiger partial charge is 0.376 e. The number of nitrogens with one attached hydrogen (secondary N) is 1. The van der Waals surface area contributed by atoms with E-state index in [1.165, 1.54) is 11.3 Å². The highest BCUT2D eigenvalue weighted by Gasteiger charge is 2.21. The Balaban J connectivity index is 2.45. The summed E-state index contributed by atoms with van der Waals surface area (Å²) >= 11 is 1.39. The lowest BCUT2D eigenvalue weighted by Gasteiger charge is -2.15. The minimum absolute atomic E-state index is 0.0224. The first-order chi connectivity index (χ1) is 9.17. The number of rotatable bonds is 5. The maximum atomic E-state index is 11.3. The van der Waals surface area contributed by atoms with Gasteiger partial charge in [0.05, 0.1) is 15.1 Å².